The highest BCUT2D eigenvalue weighted by molar-refractivity contribution is 5.87. The molecule has 2 aliphatic rings. The Labute approximate surface area is 205 Å². The normalized spacial score (nSPS) is 19.3. The van der Waals surface area contributed by atoms with E-state index < -0.39 is 18.2 Å². The standard InChI is InChI=1S/C27H31N3O5/c1-19(2)35-27(33)30-16-15-29(26(32)34-18-20-9-4-3-5-10-20)17-24(30)25(31)28-23-14-8-12-21-11-6-7-13-22(21)23/h3-7,9-11,13,23-24H,1,8,12,14-18H2,2H3,(H,28,31)/t23-,24+/m1/s1. The third kappa shape index (κ3) is 6.01. The van der Waals surface area contributed by atoms with Crippen molar-refractivity contribution in [2.75, 3.05) is 19.6 Å². The van der Waals surface area contributed by atoms with Gasteiger partial charge in [0, 0.05) is 13.1 Å². The number of carbonyl (C=O) groups excluding carboxylic acids is 3. The molecule has 1 aliphatic heterocycles. The van der Waals surface area contributed by atoms with Crippen LogP contribution in [0.3, 0.4) is 0 Å². The predicted molar refractivity (Wildman–Crippen MR) is 130 cm³/mol. The van der Waals surface area contributed by atoms with Crippen LogP contribution in [0.1, 0.15) is 42.5 Å². The molecule has 0 radical (unpaired) electrons. The van der Waals surface area contributed by atoms with E-state index in [0.29, 0.717) is 0 Å². The minimum absolute atomic E-state index is 0.0130. The molecule has 1 fully saturated rings. The fourth-order valence-electron chi connectivity index (χ4n) is 4.58. The van der Waals surface area contributed by atoms with E-state index in [1.807, 2.05) is 48.5 Å². The van der Waals surface area contributed by atoms with Gasteiger partial charge in [-0.25, -0.2) is 9.59 Å². The first-order valence-corrected chi connectivity index (χ1v) is 11.9. The second-order valence-electron chi connectivity index (χ2n) is 8.92. The van der Waals surface area contributed by atoms with E-state index in [1.54, 1.807) is 6.92 Å². The molecule has 35 heavy (non-hydrogen) atoms. The molecule has 1 heterocycles. The second kappa shape index (κ2) is 11.1. The van der Waals surface area contributed by atoms with Crippen LogP contribution in [-0.2, 0) is 27.3 Å². The highest BCUT2D eigenvalue weighted by atomic mass is 16.6. The van der Waals surface area contributed by atoms with Crippen molar-refractivity contribution in [3.8, 4) is 0 Å². The third-order valence-electron chi connectivity index (χ3n) is 6.33. The monoisotopic (exact) mass is 477 g/mol. The molecular formula is C27H31N3O5. The number of aryl methyl sites for hydroxylation is 1. The van der Waals surface area contributed by atoms with Crippen LogP contribution in [0.4, 0.5) is 9.59 Å². The fraction of sp³-hybridized carbons (Fsp3) is 0.370. The second-order valence-corrected chi connectivity index (χ2v) is 8.92. The van der Waals surface area contributed by atoms with Crippen molar-refractivity contribution >= 4 is 18.1 Å². The van der Waals surface area contributed by atoms with Gasteiger partial charge in [-0.1, -0.05) is 61.2 Å². The van der Waals surface area contributed by atoms with E-state index in [4.69, 9.17) is 9.47 Å². The molecule has 0 spiro atoms. The lowest BCUT2D eigenvalue weighted by molar-refractivity contribution is -0.128. The van der Waals surface area contributed by atoms with Gasteiger partial charge in [-0.2, -0.15) is 0 Å². The summed E-state index contributed by atoms with van der Waals surface area (Å²) in [6, 6.07) is 16.4. The minimum Gasteiger partial charge on any atom is -0.445 e. The van der Waals surface area contributed by atoms with Gasteiger partial charge in [0.25, 0.3) is 0 Å². The molecule has 0 saturated carbocycles. The summed E-state index contributed by atoms with van der Waals surface area (Å²) in [5, 5.41) is 3.11. The van der Waals surface area contributed by atoms with Crippen molar-refractivity contribution < 1.29 is 23.9 Å². The Morgan fingerprint density at radius 3 is 2.54 bits per heavy atom. The van der Waals surface area contributed by atoms with Gasteiger partial charge in [0.1, 0.15) is 12.6 Å². The van der Waals surface area contributed by atoms with Gasteiger partial charge >= 0.3 is 12.2 Å². The highest BCUT2D eigenvalue weighted by Crippen LogP contribution is 2.30. The SMILES string of the molecule is C=C(C)OC(=O)N1CCN(C(=O)OCc2ccccc2)C[C@H]1C(=O)N[C@@H]1CCCc2ccccc21. The number of nitrogens with one attached hydrogen (secondary N) is 1. The number of piperazine rings is 1. The van der Waals surface area contributed by atoms with Crippen molar-refractivity contribution in [2.24, 2.45) is 0 Å². The predicted octanol–water partition coefficient (Wildman–Crippen LogP) is 4.17. The number of ether oxygens (including phenoxy) is 2. The van der Waals surface area contributed by atoms with Crippen LogP contribution >= 0.6 is 0 Å². The molecular weight excluding hydrogens is 446 g/mol. The molecule has 0 aromatic heterocycles. The lowest BCUT2D eigenvalue weighted by atomic mass is 9.87. The van der Waals surface area contributed by atoms with Gasteiger partial charge in [0.15, 0.2) is 0 Å². The Morgan fingerprint density at radius 2 is 1.77 bits per heavy atom. The van der Waals surface area contributed by atoms with Crippen LogP contribution < -0.4 is 5.32 Å². The van der Waals surface area contributed by atoms with E-state index in [2.05, 4.69) is 18.0 Å². The molecule has 184 valence electrons. The molecule has 8 heteroatoms. The fourth-order valence-corrected chi connectivity index (χ4v) is 4.58. The number of allylic oxidation sites excluding steroid dienone is 1. The highest BCUT2D eigenvalue weighted by Gasteiger charge is 2.39. The zero-order valence-electron chi connectivity index (χ0n) is 19.9. The molecule has 2 aromatic rings. The number of nitrogens with zero attached hydrogens (tertiary/aromatic N) is 2. The zero-order valence-corrected chi connectivity index (χ0v) is 19.9. The Hall–Kier alpha value is -3.81. The van der Waals surface area contributed by atoms with Gasteiger partial charge in [-0.15, -0.1) is 0 Å². The largest absolute Gasteiger partial charge is 0.445 e. The third-order valence-corrected chi connectivity index (χ3v) is 6.33. The summed E-state index contributed by atoms with van der Waals surface area (Å²) < 4.78 is 10.7. The molecule has 0 bridgehead atoms. The molecule has 1 N–H and O–H groups in total. The van der Waals surface area contributed by atoms with Crippen LogP contribution in [0.5, 0.6) is 0 Å². The van der Waals surface area contributed by atoms with Crippen molar-refractivity contribution in [3.05, 3.63) is 83.6 Å². The van der Waals surface area contributed by atoms with Crippen molar-refractivity contribution in [1.29, 1.82) is 0 Å². The first-order chi connectivity index (χ1) is 16.9. The Bertz CT molecular complexity index is 1090. The van der Waals surface area contributed by atoms with Crippen LogP contribution in [0.2, 0.25) is 0 Å². The smallest absolute Gasteiger partial charge is 0.415 e. The summed E-state index contributed by atoms with van der Waals surface area (Å²) >= 11 is 0. The number of benzene rings is 2. The lowest BCUT2D eigenvalue weighted by Crippen LogP contribution is -2.61. The molecule has 2 atom stereocenters. The average molecular weight is 478 g/mol. The van der Waals surface area contributed by atoms with Crippen molar-refractivity contribution in [1.82, 2.24) is 15.1 Å². The van der Waals surface area contributed by atoms with Crippen molar-refractivity contribution in [3.63, 3.8) is 0 Å². The maximum atomic E-state index is 13.5. The zero-order chi connectivity index (χ0) is 24.8. The van der Waals surface area contributed by atoms with Crippen molar-refractivity contribution in [2.45, 2.75) is 44.9 Å². The molecule has 2 aromatic carbocycles. The van der Waals surface area contributed by atoms with Gasteiger partial charge in [-0.05, 0) is 42.9 Å². The van der Waals surface area contributed by atoms with Gasteiger partial charge in [0.2, 0.25) is 5.91 Å². The van der Waals surface area contributed by atoms with Crippen LogP contribution in [0, 0.1) is 0 Å². The Balaban J connectivity index is 1.47. The number of carbonyl (C=O) groups is 3. The molecule has 3 amide bonds. The number of amides is 3. The number of rotatable bonds is 5. The first-order valence-electron chi connectivity index (χ1n) is 11.9. The van der Waals surface area contributed by atoms with Crippen LogP contribution in [0.15, 0.2) is 66.9 Å². The lowest BCUT2D eigenvalue weighted by Gasteiger charge is -2.40. The van der Waals surface area contributed by atoms with Crippen LogP contribution in [-0.4, -0.2) is 53.6 Å². The molecule has 8 nitrogen and oxygen atoms in total. The van der Waals surface area contributed by atoms with E-state index in [-0.39, 0.29) is 43.9 Å². The maximum absolute atomic E-state index is 13.5. The summed E-state index contributed by atoms with van der Waals surface area (Å²) in [7, 11) is 0. The molecule has 1 saturated heterocycles. The number of hydrogen-bond donors (Lipinski definition) is 1. The van der Waals surface area contributed by atoms with Gasteiger partial charge < -0.3 is 19.7 Å². The van der Waals surface area contributed by atoms with E-state index in [0.717, 1.165) is 30.4 Å². The topological polar surface area (TPSA) is 88.2 Å². The molecule has 4 rings (SSSR count). The van der Waals surface area contributed by atoms with E-state index in [9.17, 15) is 14.4 Å². The first kappa shape index (κ1) is 24.3. The van der Waals surface area contributed by atoms with E-state index >= 15 is 0 Å². The summed E-state index contributed by atoms with van der Waals surface area (Å²) in [6.07, 6.45) is 1.58. The molecule has 0 unspecified atom stereocenters. The van der Waals surface area contributed by atoms with Gasteiger partial charge in [-0.3, -0.25) is 9.69 Å². The van der Waals surface area contributed by atoms with E-state index in [1.165, 1.54) is 15.4 Å². The summed E-state index contributed by atoms with van der Waals surface area (Å²) in [4.78, 5) is 41.8. The number of hydrogen-bond acceptors (Lipinski definition) is 5. The van der Waals surface area contributed by atoms with Crippen LogP contribution in [0.25, 0.3) is 0 Å². The number of fused-ring (bicyclic) bond motifs is 1. The molecule has 1 aliphatic carbocycles. The Kier molecular flexibility index (Phi) is 7.70. The summed E-state index contributed by atoms with van der Waals surface area (Å²) in [5.41, 5.74) is 3.19. The summed E-state index contributed by atoms with van der Waals surface area (Å²) in [5.74, 6) is -0.0917. The minimum atomic E-state index is -0.908. The van der Waals surface area contributed by atoms with Gasteiger partial charge in [0.05, 0.1) is 18.3 Å². The average Bonchev–Trinajstić information content (AvgIpc) is 2.87. The maximum Gasteiger partial charge on any atom is 0.415 e. The summed E-state index contributed by atoms with van der Waals surface area (Å²) in [6.45, 7) is 5.71. The Morgan fingerprint density at radius 1 is 1.03 bits per heavy atom. The quantitative estimate of drug-likeness (QED) is 0.653.